The fraction of sp³-hybridized carbons (Fsp3) is 0.250. The van der Waals surface area contributed by atoms with Crippen molar-refractivity contribution in [1.29, 1.82) is 0 Å². The number of aromatic nitrogens is 1. The van der Waals surface area contributed by atoms with Crippen molar-refractivity contribution in [2.75, 3.05) is 23.4 Å². The van der Waals surface area contributed by atoms with Crippen molar-refractivity contribution in [1.82, 2.24) is 4.98 Å². The van der Waals surface area contributed by atoms with E-state index < -0.39 is 6.09 Å². The first-order valence-electron chi connectivity index (χ1n) is 4.09. The first-order chi connectivity index (χ1) is 6.63. The van der Waals surface area contributed by atoms with Crippen LogP contribution in [0.5, 0.6) is 0 Å². The molecular formula is C8H12N4O2. The van der Waals surface area contributed by atoms with Crippen LogP contribution in [0.4, 0.5) is 22.1 Å². The Hall–Kier alpha value is -1.98. The Labute approximate surface area is 81.3 Å². The molecule has 0 aliphatic carbocycles. The lowest BCUT2D eigenvalue weighted by molar-refractivity contribution is 0.168. The zero-order valence-corrected chi connectivity index (χ0v) is 7.78. The molecule has 0 bridgehead atoms. The first-order valence-corrected chi connectivity index (χ1v) is 4.09. The quantitative estimate of drug-likeness (QED) is 0.649. The van der Waals surface area contributed by atoms with Crippen LogP contribution in [-0.2, 0) is 4.74 Å². The van der Waals surface area contributed by atoms with E-state index in [1.54, 1.807) is 13.0 Å². The van der Waals surface area contributed by atoms with Gasteiger partial charge in [-0.2, -0.15) is 0 Å². The Kier molecular flexibility index (Phi) is 3.11. The summed E-state index contributed by atoms with van der Waals surface area (Å²) < 4.78 is 4.67. The molecule has 1 aromatic rings. The molecule has 6 nitrogen and oxygen atoms in total. The van der Waals surface area contributed by atoms with E-state index in [0.29, 0.717) is 18.1 Å². The highest BCUT2D eigenvalue weighted by atomic mass is 16.5. The summed E-state index contributed by atoms with van der Waals surface area (Å²) in [7, 11) is 0. The molecule has 0 atom stereocenters. The first kappa shape index (κ1) is 10.1. The van der Waals surface area contributed by atoms with E-state index in [4.69, 9.17) is 11.5 Å². The Morgan fingerprint density at radius 2 is 2.29 bits per heavy atom. The van der Waals surface area contributed by atoms with Crippen molar-refractivity contribution in [3.63, 3.8) is 0 Å². The minimum atomic E-state index is -0.564. The molecule has 0 spiro atoms. The molecule has 1 amide bonds. The molecule has 0 unspecified atom stereocenters. The standard InChI is InChI=1S/C8H12N4O2/c1-2-14-8(13)11-5-3-4-6(9)12-7(5)10/h3-4H,2H2,1H3,(H,11,13)(H4,9,10,12). The van der Waals surface area contributed by atoms with Crippen LogP contribution in [-0.4, -0.2) is 17.7 Å². The summed E-state index contributed by atoms with van der Waals surface area (Å²) in [5.41, 5.74) is 11.3. The lowest BCUT2D eigenvalue weighted by atomic mass is 10.4. The van der Waals surface area contributed by atoms with Crippen LogP contribution in [0, 0.1) is 0 Å². The van der Waals surface area contributed by atoms with Gasteiger partial charge in [0.1, 0.15) is 11.6 Å². The smallest absolute Gasteiger partial charge is 0.411 e. The van der Waals surface area contributed by atoms with Gasteiger partial charge in [0, 0.05) is 0 Å². The largest absolute Gasteiger partial charge is 0.450 e. The average Bonchev–Trinajstić information content (AvgIpc) is 2.10. The molecule has 0 aliphatic rings. The molecule has 0 saturated carbocycles. The molecule has 0 radical (unpaired) electrons. The minimum Gasteiger partial charge on any atom is -0.450 e. The van der Waals surface area contributed by atoms with Gasteiger partial charge >= 0.3 is 6.09 Å². The van der Waals surface area contributed by atoms with Crippen LogP contribution >= 0.6 is 0 Å². The van der Waals surface area contributed by atoms with Gasteiger partial charge in [0.05, 0.1) is 12.3 Å². The van der Waals surface area contributed by atoms with Crippen LogP contribution in [0.15, 0.2) is 12.1 Å². The maximum atomic E-state index is 11.0. The summed E-state index contributed by atoms with van der Waals surface area (Å²) in [6, 6.07) is 3.10. The summed E-state index contributed by atoms with van der Waals surface area (Å²) in [5.74, 6) is 0.468. The van der Waals surface area contributed by atoms with Crippen LogP contribution in [0.3, 0.4) is 0 Å². The van der Waals surface area contributed by atoms with Gasteiger partial charge in [-0.3, -0.25) is 5.32 Å². The molecule has 0 fully saturated rings. The summed E-state index contributed by atoms with van der Waals surface area (Å²) in [6.45, 7) is 2.01. The van der Waals surface area contributed by atoms with Gasteiger partial charge in [-0.1, -0.05) is 0 Å². The molecule has 0 saturated heterocycles. The second-order valence-electron chi connectivity index (χ2n) is 2.51. The van der Waals surface area contributed by atoms with Crippen molar-refractivity contribution in [3.05, 3.63) is 12.1 Å². The van der Waals surface area contributed by atoms with E-state index in [1.807, 2.05) is 0 Å². The Morgan fingerprint density at radius 1 is 1.57 bits per heavy atom. The summed E-state index contributed by atoms with van der Waals surface area (Å²) in [4.78, 5) is 14.8. The van der Waals surface area contributed by atoms with Crippen LogP contribution in [0.25, 0.3) is 0 Å². The summed E-state index contributed by atoms with van der Waals surface area (Å²) in [5, 5.41) is 2.43. The fourth-order valence-electron chi connectivity index (χ4n) is 0.874. The number of carbonyl (C=O) groups is 1. The van der Waals surface area contributed by atoms with E-state index in [2.05, 4.69) is 15.0 Å². The SMILES string of the molecule is CCOC(=O)Nc1ccc(N)nc1N. The van der Waals surface area contributed by atoms with Gasteiger partial charge in [0.15, 0.2) is 0 Å². The number of nitrogen functional groups attached to an aromatic ring is 2. The van der Waals surface area contributed by atoms with Crippen LogP contribution in [0.1, 0.15) is 6.92 Å². The van der Waals surface area contributed by atoms with Gasteiger partial charge < -0.3 is 16.2 Å². The van der Waals surface area contributed by atoms with E-state index in [1.165, 1.54) is 6.07 Å². The Bertz CT molecular complexity index is 340. The lowest BCUT2D eigenvalue weighted by Gasteiger charge is -2.07. The second kappa shape index (κ2) is 4.31. The zero-order valence-electron chi connectivity index (χ0n) is 7.78. The number of hydrogen-bond donors (Lipinski definition) is 3. The Balaban J connectivity index is 2.72. The molecule has 1 rings (SSSR count). The number of nitrogens with one attached hydrogen (secondary N) is 1. The third-order valence-corrected chi connectivity index (χ3v) is 1.46. The predicted molar refractivity (Wildman–Crippen MR) is 53.7 cm³/mol. The van der Waals surface area contributed by atoms with Gasteiger partial charge in [-0.15, -0.1) is 0 Å². The van der Waals surface area contributed by atoms with E-state index in [0.717, 1.165) is 0 Å². The normalized spacial score (nSPS) is 9.50. The summed E-state index contributed by atoms with van der Waals surface area (Å²) in [6.07, 6.45) is -0.564. The molecule has 0 aliphatic heterocycles. The number of nitrogens with zero attached hydrogens (tertiary/aromatic N) is 1. The lowest BCUT2D eigenvalue weighted by Crippen LogP contribution is -2.15. The molecule has 6 heteroatoms. The number of nitrogens with two attached hydrogens (primary N) is 2. The monoisotopic (exact) mass is 196 g/mol. The number of pyridine rings is 1. The number of anilines is 3. The number of carbonyl (C=O) groups excluding carboxylic acids is 1. The minimum absolute atomic E-state index is 0.165. The molecular weight excluding hydrogens is 184 g/mol. The van der Waals surface area contributed by atoms with Gasteiger partial charge in [0.2, 0.25) is 0 Å². The molecule has 76 valence electrons. The van der Waals surface area contributed by atoms with Crippen molar-refractivity contribution in [2.45, 2.75) is 6.92 Å². The van der Waals surface area contributed by atoms with E-state index >= 15 is 0 Å². The Morgan fingerprint density at radius 3 is 2.86 bits per heavy atom. The third kappa shape index (κ3) is 2.51. The molecule has 1 heterocycles. The molecule has 14 heavy (non-hydrogen) atoms. The third-order valence-electron chi connectivity index (χ3n) is 1.46. The van der Waals surface area contributed by atoms with Crippen molar-refractivity contribution in [3.8, 4) is 0 Å². The predicted octanol–water partition coefficient (Wildman–Crippen LogP) is 0.814. The topological polar surface area (TPSA) is 103 Å². The molecule has 1 aromatic heterocycles. The van der Waals surface area contributed by atoms with Crippen LogP contribution in [0.2, 0.25) is 0 Å². The number of hydrogen-bond acceptors (Lipinski definition) is 5. The average molecular weight is 196 g/mol. The number of ether oxygens (including phenoxy) is 1. The van der Waals surface area contributed by atoms with Crippen molar-refractivity contribution >= 4 is 23.4 Å². The fourth-order valence-corrected chi connectivity index (χ4v) is 0.874. The highest BCUT2D eigenvalue weighted by Gasteiger charge is 2.05. The maximum absolute atomic E-state index is 11.0. The number of rotatable bonds is 2. The number of amides is 1. The van der Waals surface area contributed by atoms with Crippen LogP contribution < -0.4 is 16.8 Å². The van der Waals surface area contributed by atoms with Gasteiger partial charge in [-0.25, -0.2) is 9.78 Å². The maximum Gasteiger partial charge on any atom is 0.411 e. The van der Waals surface area contributed by atoms with E-state index in [9.17, 15) is 4.79 Å². The highest BCUT2D eigenvalue weighted by Crippen LogP contribution is 2.16. The van der Waals surface area contributed by atoms with Crippen molar-refractivity contribution < 1.29 is 9.53 Å². The summed E-state index contributed by atoms with van der Waals surface area (Å²) >= 11 is 0. The van der Waals surface area contributed by atoms with Crippen molar-refractivity contribution in [2.24, 2.45) is 0 Å². The highest BCUT2D eigenvalue weighted by molar-refractivity contribution is 5.88. The second-order valence-corrected chi connectivity index (χ2v) is 2.51. The molecule has 0 aromatic carbocycles. The van der Waals surface area contributed by atoms with Gasteiger partial charge in [-0.05, 0) is 19.1 Å². The van der Waals surface area contributed by atoms with Gasteiger partial charge in [0.25, 0.3) is 0 Å². The molecule has 5 N–H and O–H groups in total. The zero-order chi connectivity index (χ0) is 10.6. The van der Waals surface area contributed by atoms with E-state index in [-0.39, 0.29) is 5.82 Å².